The molecule has 1 saturated carbocycles. The highest BCUT2D eigenvalue weighted by Gasteiger charge is 2.37. The second-order valence-electron chi connectivity index (χ2n) is 3.79. The van der Waals surface area contributed by atoms with Gasteiger partial charge in [0.2, 0.25) is 5.91 Å². The third kappa shape index (κ3) is 2.22. The molecule has 0 atom stereocenters. The Morgan fingerprint density at radius 1 is 1.58 bits per heavy atom. The van der Waals surface area contributed by atoms with E-state index in [1.54, 1.807) is 0 Å². The fourth-order valence-corrected chi connectivity index (χ4v) is 1.52. The van der Waals surface area contributed by atoms with Gasteiger partial charge in [-0.2, -0.15) is 0 Å². The summed E-state index contributed by atoms with van der Waals surface area (Å²) in [6, 6.07) is 0.527. The van der Waals surface area contributed by atoms with E-state index in [1.807, 2.05) is 25.7 Å². The summed E-state index contributed by atoms with van der Waals surface area (Å²) in [7, 11) is 0. The summed E-state index contributed by atoms with van der Waals surface area (Å²) in [4.78, 5) is 13.7. The standard InChI is InChI=1S/C9H16BrNO/c1-4-11(7-5-6-7)8(12)9(2,3)10/h7H,4-6H2,1-3H3. The summed E-state index contributed by atoms with van der Waals surface area (Å²) in [6.07, 6.45) is 2.37. The van der Waals surface area contributed by atoms with E-state index >= 15 is 0 Å². The number of nitrogens with zero attached hydrogens (tertiary/aromatic N) is 1. The summed E-state index contributed by atoms with van der Waals surface area (Å²) >= 11 is 3.39. The average Bonchev–Trinajstić information content (AvgIpc) is 2.70. The van der Waals surface area contributed by atoms with E-state index in [0.29, 0.717) is 6.04 Å². The van der Waals surface area contributed by atoms with Crippen LogP contribution in [-0.2, 0) is 4.79 Å². The zero-order valence-corrected chi connectivity index (χ0v) is 9.52. The minimum atomic E-state index is -0.397. The first-order valence-corrected chi connectivity index (χ1v) is 5.26. The second kappa shape index (κ2) is 3.36. The maximum atomic E-state index is 11.8. The predicted molar refractivity (Wildman–Crippen MR) is 53.4 cm³/mol. The lowest BCUT2D eigenvalue weighted by Gasteiger charge is -2.27. The van der Waals surface area contributed by atoms with E-state index < -0.39 is 4.32 Å². The number of rotatable bonds is 3. The fourth-order valence-electron chi connectivity index (χ4n) is 1.30. The Bertz CT molecular complexity index is 181. The van der Waals surface area contributed by atoms with Crippen LogP contribution in [0.1, 0.15) is 33.6 Å². The summed E-state index contributed by atoms with van der Waals surface area (Å²) in [5, 5.41) is 0. The molecule has 1 rings (SSSR count). The van der Waals surface area contributed by atoms with Crippen molar-refractivity contribution in [2.45, 2.75) is 44.0 Å². The highest BCUT2D eigenvalue weighted by Crippen LogP contribution is 2.30. The predicted octanol–water partition coefficient (Wildman–Crippen LogP) is 2.17. The smallest absolute Gasteiger partial charge is 0.239 e. The van der Waals surface area contributed by atoms with Gasteiger partial charge in [0.25, 0.3) is 0 Å². The molecule has 1 aliphatic rings. The van der Waals surface area contributed by atoms with Crippen molar-refractivity contribution in [2.24, 2.45) is 0 Å². The molecule has 0 aromatic rings. The van der Waals surface area contributed by atoms with Crippen molar-refractivity contribution >= 4 is 21.8 Å². The maximum Gasteiger partial charge on any atom is 0.239 e. The molecule has 1 fully saturated rings. The van der Waals surface area contributed by atoms with Gasteiger partial charge >= 0.3 is 0 Å². The van der Waals surface area contributed by atoms with Gasteiger partial charge in [-0.05, 0) is 33.6 Å². The minimum absolute atomic E-state index is 0.215. The molecule has 0 N–H and O–H groups in total. The van der Waals surface area contributed by atoms with Crippen LogP contribution in [0.2, 0.25) is 0 Å². The monoisotopic (exact) mass is 233 g/mol. The molecule has 1 aliphatic carbocycles. The molecule has 0 aliphatic heterocycles. The van der Waals surface area contributed by atoms with Gasteiger partial charge in [-0.3, -0.25) is 4.79 Å². The Balaban J connectivity index is 2.59. The lowest BCUT2D eigenvalue weighted by molar-refractivity contribution is -0.133. The number of hydrogen-bond donors (Lipinski definition) is 0. The van der Waals surface area contributed by atoms with Gasteiger partial charge < -0.3 is 4.90 Å². The molecule has 0 heterocycles. The molecule has 70 valence electrons. The molecule has 0 radical (unpaired) electrons. The third-order valence-electron chi connectivity index (χ3n) is 2.10. The quantitative estimate of drug-likeness (QED) is 0.685. The Labute approximate surface area is 82.4 Å². The average molecular weight is 234 g/mol. The first kappa shape index (κ1) is 10.0. The number of alkyl halides is 1. The van der Waals surface area contributed by atoms with Crippen LogP contribution in [0, 0.1) is 0 Å². The Kier molecular flexibility index (Phi) is 2.81. The van der Waals surface area contributed by atoms with Crippen LogP contribution in [0.25, 0.3) is 0 Å². The van der Waals surface area contributed by atoms with Crippen molar-refractivity contribution in [3.63, 3.8) is 0 Å². The normalized spacial score (nSPS) is 17.7. The molecule has 0 bridgehead atoms. The van der Waals surface area contributed by atoms with Gasteiger partial charge in [-0.15, -0.1) is 0 Å². The van der Waals surface area contributed by atoms with Crippen LogP contribution >= 0.6 is 15.9 Å². The molecule has 0 spiro atoms. The van der Waals surface area contributed by atoms with Gasteiger partial charge in [0.05, 0.1) is 4.32 Å². The lowest BCUT2D eigenvalue weighted by atomic mass is 10.2. The number of carbonyl (C=O) groups excluding carboxylic acids is 1. The first-order chi connectivity index (χ1) is 5.46. The maximum absolute atomic E-state index is 11.8. The van der Waals surface area contributed by atoms with E-state index in [-0.39, 0.29) is 5.91 Å². The molecule has 0 aromatic heterocycles. The first-order valence-electron chi connectivity index (χ1n) is 4.46. The zero-order valence-electron chi connectivity index (χ0n) is 7.93. The van der Waals surface area contributed by atoms with Crippen LogP contribution in [0.4, 0.5) is 0 Å². The molecule has 12 heavy (non-hydrogen) atoms. The Hall–Kier alpha value is -0.0500. The molecular weight excluding hydrogens is 218 g/mol. The summed E-state index contributed by atoms with van der Waals surface area (Å²) in [6.45, 7) is 6.67. The summed E-state index contributed by atoms with van der Waals surface area (Å²) in [5.74, 6) is 0.215. The summed E-state index contributed by atoms with van der Waals surface area (Å²) < 4.78 is -0.397. The van der Waals surface area contributed by atoms with Crippen molar-refractivity contribution < 1.29 is 4.79 Å². The van der Waals surface area contributed by atoms with E-state index in [1.165, 1.54) is 12.8 Å². The second-order valence-corrected chi connectivity index (χ2v) is 5.78. The number of hydrogen-bond acceptors (Lipinski definition) is 1. The van der Waals surface area contributed by atoms with Gasteiger partial charge in [0.1, 0.15) is 0 Å². The summed E-state index contributed by atoms with van der Waals surface area (Å²) in [5.41, 5.74) is 0. The Morgan fingerprint density at radius 2 is 2.08 bits per heavy atom. The van der Waals surface area contributed by atoms with Crippen LogP contribution in [-0.4, -0.2) is 27.7 Å². The lowest BCUT2D eigenvalue weighted by Crippen LogP contribution is -2.42. The van der Waals surface area contributed by atoms with E-state index in [2.05, 4.69) is 15.9 Å². The van der Waals surface area contributed by atoms with E-state index in [9.17, 15) is 4.79 Å². The molecule has 0 saturated heterocycles. The van der Waals surface area contributed by atoms with Crippen molar-refractivity contribution in [1.82, 2.24) is 4.90 Å². The molecule has 0 unspecified atom stereocenters. The number of amides is 1. The molecular formula is C9H16BrNO. The van der Waals surface area contributed by atoms with Crippen molar-refractivity contribution in [2.75, 3.05) is 6.54 Å². The van der Waals surface area contributed by atoms with Crippen molar-refractivity contribution in [3.8, 4) is 0 Å². The van der Waals surface area contributed by atoms with Crippen LogP contribution in [0.15, 0.2) is 0 Å². The van der Waals surface area contributed by atoms with Crippen molar-refractivity contribution in [1.29, 1.82) is 0 Å². The van der Waals surface area contributed by atoms with Gasteiger partial charge in [-0.25, -0.2) is 0 Å². The number of carbonyl (C=O) groups is 1. The molecule has 3 heteroatoms. The van der Waals surface area contributed by atoms with Crippen LogP contribution < -0.4 is 0 Å². The van der Waals surface area contributed by atoms with E-state index in [0.717, 1.165) is 6.54 Å². The topological polar surface area (TPSA) is 20.3 Å². The highest BCUT2D eigenvalue weighted by molar-refractivity contribution is 9.10. The molecule has 1 amide bonds. The van der Waals surface area contributed by atoms with Gasteiger partial charge in [-0.1, -0.05) is 15.9 Å². The van der Waals surface area contributed by atoms with Crippen LogP contribution in [0.5, 0.6) is 0 Å². The number of halogens is 1. The zero-order chi connectivity index (χ0) is 9.35. The SMILES string of the molecule is CCN(C(=O)C(C)(C)Br)C1CC1. The third-order valence-corrected chi connectivity index (χ3v) is 2.44. The minimum Gasteiger partial charge on any atom is -0.339 e. The van der Waals surface area contributed by atoms with Crippen molar-refractivity contribution in [3.05, 3.63) is 0 Å². The van der Waals surface area contributed by atoms with Gasteiger partial charge in [0.15, 0.2) is 0 Å². The van der Waals surface area contributed by atoms with E-state index in [4.69, 9.17) is 0 Å². The Morgan fingerprint density at radius 3 is 2.33 bits per heavy atom. The molecule has 2 nitrogen and oxygen atoms in total. The molecule has 0 aromatic carbocycles. The largest absolute Gasteiger partial charge is 0.339 e. The van der Waals surface area contributed by atoms with Gasteiger partial charge in [0, 0.05) is 12.6 Å². The van der Waals surface area contributed by atoms with Crippen LogP contribution in [0.3, 0.4) is 0 Å². The highest BCUT2D eigenvalue weighted by atomic mass is 79.9. The fraction of sp³-hybridized carbons (Fsp3) is 0.889.